The number of benzene rings is 1. The molecule has 1 aliphatic carbocycles. The van der Waals surface area contributed by atoms with Gasteiger partial charge in [-0.15, -0.1) is 0 Å². The Morgan fingerprint density at radius 1 is 1.10 bits per heavy atom. The minimum Gasteiger partial charge on any atom is -0.398 e. The van der Waals surface area contributed by atoms with E-state index >= 15 is 0 Å². The van der Waals surface area contributed by atoms with E-state index in [1.54, 1.807) is 6.07 Å². The van der Waals surface area contributed by atoms with Gasteiger partial charge in [0.2, 0.25) is 0 Å². The molecule has 0 radical (unpaired) electrons. The van der Waals surface area contributed by atoms with E-state index in [0.717, 1.165) is 63.1 Å². The van der Waals surface area contributed by atoms with E-state index in [-0.39, 0.29) is 5.92 Å². The van der Waals surface area contributed by atoms with Gasteiger partial charge in [-0.25, -0.2) is 8.78 Å². The summed E-state index contributed by atoms with van der Waals surface area (Å²) in [5.41, 5.74) is 13.2. The predicted molar refractivity (Wildman–Crippen MR) is 112 cm³/mol. The van der Waals surface area contributed by atoms with Crippen LogP contribution >= 0.6 is 0 Å². The molecule has 0 spiro atoms. The Morgan fingerprint density at radius 2 is 1.90 bits per heavy atom. The fourth-order valence-electron chi connectivity index (χ4n) is 4.75. The summed E-state index contributed by atoms with van der Waals surface area (Å²) in [6.07, 6.45) is 6.30. The van der Waals surface area contributed by atoms with Crippen LogP contribution in [0.25, 0.3) is 0 Å². The van der Waals surface area contributed by atoms with Gasteiger partial charge < -0.3 is 11.1 Å². The van der Waals surface area contributed by atoms with Crippen molar-refractivity contribution in [3.63, 3.8) is 0 Å². The number of nitrogens with one attached hydrogen (secondary N) is 1. The summed E-state index contributed by atoms with van der Waals surface area (Å²) in [6.45, 7) is 3.40. The summed E-state index contributed by atoms with van der Waals surface area (Å²) < 4.78 is 27.0. The second kappa shape index (κ2) is 8.76. The van der Waals surface area contributed by atoms with E-state index < -0.39 is 11.6 Å². The lowest BCUT2D eigenvalue weighted by molar-refractivity contribution is 0.241. The van der Waals surface area contributed by atoms with Crippen molar-refractivity contribution >= 4 is 5.69 Å². The molecule has 0 fully saturated rings. The highest BCUT2D eigenvalue weighted by molar-refractivity contribution is 5.58. The topological polar surface area (TPSA) is 54.2 Å². The third-order valence-corrected chi connectivity index (χ3v) is 6.41. The molecule has 1 unspecified atom stereocenters. The molecule has 0 saturated heterocycles. The van der Waals surface area contributed by atoms with Crippen LogP contribution in [0.4, 0.5) is 14.5 Å². The van der Waals surface area contributed by atoms with Crippen molar-refractivity contribution in [3.05, 3.63) is 57.9 Å². The molecule has 6 heteroatoms. The maximum atomic E-state index is 13.7. The molecule has 2 aromatic rings. The Balaban J connectivity index is 1.46. The number of hydrogen-bond acceptors (Lipinski definition) is 4. The number of aromatic nitrogens is 1. The standard InChI is InChI=1S/C23H30F2N4/c1-27-13-16(15-6-7-19(24)20(25)12-15)8-10-29-11-9-22-18(14-29)23(26)17-4-2-3-5-21(17)28-22/h6-7,12,16,27H,2-5,8-11,13-14H2,1H3,(H2,26,28). The minimum atomic E-state index is -0.795. The molecule has 4 nitrogen and oxygen atoms in total. The molecule has 1 atom stereocenters. The third kappa shape index (κ3) is 4.28. The summed E-state index contributed by atoms with van der Waals surface area (Å²) in [5, 5.41) is 3.18. The molecule has 2 aliphatic rings. The first-order chi connectivity index (χ1) is 14.1. The first kappa shape index (κ1) is 20.2. The second-order valence-corrected chi connectivity index (χ2v) is 8.33. The van der Waals surface area contributed by atoms with Crippen LogP contribution in [0, 0.1) is 11.6 Å². The number of hydrogen-bond donors (Lipinski definition) is 2. The van der Waals surface area contributed by atoms with Gasteiger partial charge in [0.1, 0.15) is 0 Å². The first-order valence-electron chi connectivity index (χ1n) is 10.7. The number of halogens is 2. The zero-order valence-corrected chi connectivity index (χ0v) is 17.1. The molecule has 29 heavy (non-hydrogen) atoms. The number of anilines is 1. The van der Waals surface area contributed by atoms with Gasteiger partial charge in [-0.1, -0.05) is 6.07 Å². The third-order valence-electron chi connectivity index (χ3n) is 6.41. The van der Waals surface area contributed by atoms with Gasteiger partial charge in [0, 0.05) is 48.7 Å². The summed E-state index contributed by atoms with van der Waals surface area (Å²) in [6, 6.07) is 4.25. The van der Waals surface area contributed by atoms with Crippen molar-refractivity contribution < 1.29 is 8.78 Å². The Labute approximate surface area is 171 Å². The molecule has 3 N–H and O–H groups in total. The molecular weight excluding hydrogens is 370 g/mol. The Bertz CT molecular complexity index is 884. The summed E-state index contributed by atoms with van der Waals surface area (Å²) >= 11 is 0. The predicted octanol–water partition coefficient (Wildman–Crippen LogP) is 3.57. The molecule has 1 aromatic heterocycles. The number of fused-ring (bicyclic) bond motifs is 2. The lowest BCUT2D eigenvalue weighted by Crippen LogP contribution is -2.34. The van der Waals surface area contributed by atoms with Crippen molar-refractivity contribution in [1.29, 1.82) is 0 Å². The van der Waals surface area contributed by atoms with Gasteiger partial charge in [0.25, 0.3) is 0 Å². The number of rotatable bonds is 6. The Hall–Kier alpha value is -2.05. The molecular formula is C23H30F2N4. The Morgan fingerprint density at radius 3 is 2.69 bits per heavy atom. The van der Waals surface area contributed by atoms with Crippen LogP contribution < -0.4 is 11.1 Å². The molecule has 2 heterocycles. The van der Waals surface area contributed by atoms with E-state index in [4.69, 9.17) is 10.7 Å². The lowest BCUT2D eigenvalue weighted by Gasteiger charge is -2.32. The van der Waals surface area contributed by atoms with Gasteiger partial charge in [0.15, 0.2) is 11.6 Å². The highest BCUT2D eigenvalue weighted by Gasteiger charge is 2.25. The number of nitrogen functional groups attached to an aromatic ring is 1. The van der Waals surface area contributed by atoms with Gasteiger partial charge in [0.05, 0.1) is 0 Å². The van der Waals surface area contributed by atoms with Crippen LogP contribution in [0.2, 0.25) is 0 Å². The zero-order chi connectivity index (χ0) is 20.4. The van der Waals surface area contributed by atoms with E-state index in [2.05, 4.69) is 10.2 Å². The summed E-state index contributed by atoms with van der Waals surface area (Å²) in [7, 11) is 1.89. The van der Waals surface area contributed by atoms with Crippen LogP contribution in [0.5, 0.6) is 0 Å². The number of nitrogens with zero attached hydrogens (tertiary/aromatic N) is 2. The first-order valence-corrected chi connectivity index (χ1v) is 10.7. The molecule has 4 rings (SSSR count). The zero-order valence-electron chi connectivity index (χ0n) is 17.1. The quantitative estimate of drug-likeness (QED) is 0.778. The number of aryl methyl sites for hydroxylation is 1. The highest BCUT2D eigenvalue weighted by Crippen LogP contribution is 2.33. The van der Waals surface area contributed by atoms with Crippen LogP contribution in [-0.4, -0.2) is 36.6 Å². The molecule has 156 valence electrons. The number of likely N-dealkylation sites (N-methyl/N-ethyl adjacent to an activating group) is 1. The van der Waals surface area contributed by atoms with E-state index in [0.29, 0.717) is 0 Å². The second-order valence-electron chi connectivity index (χ2n) is 8.33. The lowest BCUT2D eigenvalue weighted by atomic mass is 9.90. The average Bonchev–Trinajstić information content (AvgIpc) is 2.73. The van der Waals surface area contributed by atoms with E-state index in [9.17, 15) is 8.78 Å². The van der Waals surface area contributed by atoms with Crippen molar-refractivity contribution in [1.82, 2.24) is 15.2 Å². The smallest absolute Gasteiger partial charge is 0.159 e. The van der Waals surface area contributed by atoms with Gasteiger partial charge >= 0.3 is 0 Å². The number of nitrogens with two attached hydrogens (primary N) is 1. The van der Waals surface area contributed by atoms with Crippen molar-refractivity contribution in [3.8, 4) is 0 Å². The van der Waals surface area contributed by atoms with E-state index in [1.807, 2.05) is 7.05 Å². The SMILES string of the molecule is CNCC(CCN1CCc2nc3c(c(N)c2C1)CCCC3)c1ccc(F)c(F)c1. The Kier molecular flexibility index (Phi) is 6.11. The normalized spacial score (nSPS) is 17.6. The highest BCUT2D eigenvalue weighted by atomic mass is 19.2. The molecule has 0 amide bonds. The van der Waals surface area contributed by atoms with Crippen LogP contribution in [0.3, 0.4) is 0 Å². The van der Waals surface area contributed by atoms with Crippen LogP contribution in [-0.2, 0) is 25.8 Å². The fourth-order valence-corrected chi connectivity index (χ4v) is 4.75. The van der Waals surface area contributed by atoms with Gasteiger partial charge in [-0.2, -0.15) is 0 Å². The van der Waals surface area contributed by atoms with Crippen LogP contribution in [0.1, 0.15) is 53.3 Å². The monoisotopic (exact) mass is 400 g/mol. The maximum absolute atomic E-state index is 13.7. The number of pyridine rings is 1. The maximum Gasteiger partial charge on any atom is 0.159 e. The van der Waals surface area contributed by atoms with Crippen molar-refractivity contribution in [2.45, 2.75) is 51.0 Å². The average molecular weight is 401 g/mol. The largest absolute Gasteiger partial charge is 0.398 e. The molecule has 0 bridgehead atoms. The molecule has 1 aliphatic heterocycles. The minimum absolute atomic E-state index is 0.135. The van der Waals surface area contributed by atoms with Gasteiger partial charge in [-0.05, 0) is 74.9 Å². The van der Waals surface area contributed by atoms with E-state index in [1.165, 1.54) is 47.5 Å². The van der Waals surface area contributed by atoms with Crippen LogP contribution in [0.15, 0.2) is 18.2 Å². The summed E-state index contributed by atoms with van der Waals surface area (Å²) in [5.74, 6) is -1.44. The summed E-state index contributed by atoms with van der Waals surface area (Å²) in [4.78, 5) is 7.36. The van der Waals surface area contributed by atoms with Crippen molar-refractivity contribution in [2.75, 3.05) is 32.4 Å². The molecule has 0 saturated carbocycles. The van der Waals surface area contributed by atoms with Crippen molar-refractivity contribution in [2.24, 2.45) is 0 Å². The van der Waals surface area contributed by atoms with Gasteiger partial charge in [-0.3, -0.25) is 9.88 Å². The molecule has 1 aromatic carbocycles. The fraction of sp³-hybridized carbons (Fsp3) is 0.522.